The van der Waals surface area contributed by atoms with Crippen LogP contribution in [0.5, 0.6) is 0 Å². The van der Waals surface area contributed by atoms with Crippen LogP contribution in [0.1, 0.15) is 27.7 Å². The second kappa shape index (κ2) is 7.70. The molecular formula is C19H28N4O2. The third-order valence-electron chi connectivity index (χ3n) is 4.34. The number of nitrogens with zero attached hydrogens (tertiary/aromatic N) is 2. The molecule has 6 heteroatoms. The Bertz CT molecular complexity index is 722. The van der Waals surface area contributed by atoms with E-state index in [-0.39, 0.29) is 11.9 Å². The molecule has 1 heterocycles. The van der Waals surface area contributed by atoms with E-state index in [4.69, 9.17) is 0 Å². The van der Waals surface area contributed by atoms with Gasteiger partial charge in [-0.05, 0) is 18.1 Å². The van der Waals surface area contributed by atoms with Crippen LogP contribution in [-0.4, -0.2) is 33.3 Å². The van der Waals surface area contributed by atoms with E-state index in [0.29, 0.717) is 12.2 Å². The number of aliphatic hydroxyl groups excluding tert-OH is 1. The number of anilines is 1. The zero-order valence-corrected chi connectivity index (χ0v) is 15.6. The first kappa shape index (κ1) is 19.0. The molecule has 2 rings (SSSR count). The Morgan fingerprint density at radius 2 is 2.08 bits per heavy atom. The summed E-state index contributed by atoms with van der Waals surface area (Å²) in [7, 11) is 1.93. The molecule has 0 radical (unpaired) electrons. The molecule has 2 amide bonds. The van der Waals surface area contributed by atoms with Gasteiger partial charge >= 0.3 is 6.03 Å². The molecule has 25 heavy (non-hydrogen) atoms. The van der Waals surface area contributed by atoms with Gasteiger partial charge in [-0.3, -0.25) is 0 Å². The molecule has 0 saturated carbocycles. The summed E-state index contributed by atoms with van der Waals surface area (Å²) in [6.07, 6.45) is 3.13. The van der Waals surface area contributed by atoms with Gasteiger partial charge in [-0.2, -0.15) is 0 Å². The summed E-state index contributed by atoms with van der Waals surface area (Å²) in [5.74, 6) is 0.972. The van der Waals surface area contributed by atoms with E-state index in [1.807, 2.05) is 69.8 Å². The van der Waals surface area contributed by atoms with Crippen molar-refractivity contribution in [1.29, 1.82) is 0 Å². The smallest absolute Gasteiger partial charge is 0.319 e. The second-order valence-electron chi connectivity index (χ2n) is 7.43. The van der Waals surface area contributed by atoms with Crippen molar-refractivity contribution in [2.75, 3.05) is 11.9 Å². The van der Waals surface area contributed by atoms with Crippen molar-refractivity contribution in [2.45, 2.75) is 33.8 Å². The maximum Gasteiger partial charge on any atom is 0.319 e. The molecule has 1 atom stereocenters. The van der Waals surface area contributed by atoms with Crippen LogP contribution < -0.4 is 10.6 Å². The van der Waals surface area contributed by atoms with Gasteiger partial charge < -0.3 is 20.3 Å². The van der Waals surface area contributed by atoms with Crippen LogP contribution in [0.25, 0.3) is 11.4 Å². The average Bonchev–Trinajstić information content (AvgIpc) is 2.98. The predicted octanol–water partition coefficient (Wildman–Crippen LogP) is 3.25. The summed E-state index contributed by atoms with van der Waals surface area (Å²) < 4.78 is 1.93. The number of aromatic nitrogens is 2. The monoisotopic (exact) mass is 344 g/mol. The van der Waals surface area contributed by atoms with Crippen molar-refractivity contribution in [3.8, 4) is 11.4 Å². The van der Waals surface area contributed by atoms with Gasteiger partial charge in [0.15, 0.2) is 0 Å². The van der Waals surface area contributed by atoms with Gasteiger partial charge in [0.1, 0.15) is 5.82 Å². The number of hydrogen-bond donors (Lipinski definition) is 3. The normalized spacial score (nSPS) is 12.9. The van der Waals surface area contributed by atoms with Gasteiger partial charge in [-0.1, -0.05) is 39.8 Å². The van der Waals surface area contributed by atoms with Crippen LogP contribution in [0.3, 0.4) is 0 Å². The molecule has 1 unspecified atom stereocenters. The van der Waals surface area contributed by atoms with E-state index in [2.05, 4.69) is 15.6 Å². The average molecular weight is 344 g/mol. The first-order valence-corrected chi connectivity index (χ1v) is 8.51. The van der Waals surface area contributed by atoms with Crippen LogP contribution in [0.15, 0.2) is 36.7 Å². The molecule has 136 valence electrons. The maximum atomic E-state index is 12.2. The van der Waals surface area contributed by atoms with Crippen molar-refractivity contribution < 1.29 is 9.90 Å². The lowest BCUT2D eigenvalue weighted by Crippen LogP contribution is -2.44. The number of carbonyl (C=O) groups is 1. The first-order valence-electron chi connectivity index (χ1n) is 8.51. The summed E-state index contributed by atoms with van der Waals surface area (Å²) in [5, 5.41) is 15.9. The van der Waals surface area contributed by atoms with E-state index in [9.17, 15) is 9.90 Å². The number of carbonyl (C=O) groups excluding carboxylic acids is 1. The molecule has 0 spiro atoms. The highest BCUT2D eigenvalue weighted by Gasteiger charge is 2.30. The Hall–Kier alpha value is -2.34. The van der Waals surface area contributed by atoms with Crippen molar-refractivity contribution in [2.24, 2.45) is 18.4 Å². The Kier molecular flexibility index (Phi) is 5.85. The van der Waals surface area contributed by atoms with Crippen LogP contribution in [-0.2, 0) is 7.05 Å². The Labute approximate surface area is 149 Å². The molecule has 0 aliphatic heterocycles. The summed E-state index contributed by atoms with van der Waals surface area (Å²) in [4.78, 5) is 16.5. The molecular weight excluding hydrogens is 316 g/mol. The second-order valence-corrected chi connectivity index (χ2v) is 7.43. The molecule has 0 aliphatic carbocycles. The largest absolute Gasteiger partial charge is 0.392 e. The lowest BCUT2D eigenvalue weighted by atomic mass is 9.81. The number of imidazole rings is 1. The van der Waals surface area contributed by atoms with E-state index >= 15 is 0 Å². The molecule has 1 aromatic heterocycles. The summed E-state index contributed by atoms with van der Waals surface area (Å²) >= 11 is 0. The molecule has 0 bridgehead atoms. The Morgan fingerprint density at radius 1 is 1.36 bits per heavy atom. The van der Waals surface area contributed by atoms with E-state index in [1.54, 1.807) is 6.20 Å². The zero-order chi connectivity index (χ0) is 18.6. The summed E-state index contributed by atoms with van der Waals surface area (Å²) in [6.45, 7) is 8.21. The van der Waals surface area contributed by atoms with Gasteiger partial charge in [0.2, 0.25) is 0 Å². The number of hydrogen-bond acceptors (Lipinski definition) is 3. The number of nitrogens with one attached hydrogen (secondary N) is 2. The van der Waals surface area contributed by atoms with Gasteiger partial charge in [-0.25, -0.2) is 9.78 Å². The van der Waals surface area contributed by atoms with E-state index in [1.165, 1.54) is 0 Å². The minimum Gasteiger partial charge on any atom is -0.392 e. The fourth-order valence-electron chi connectivity index (χ4n) is 2.87. The highest BCUT2D eigenvalue weighted by Crippen LogP contribution is 2.25. The van der Waals surface area contributed by atoms with Gasteiger partial charge in [-0.15, -0.1) is 0 Å². The molecule has 0 saturated heterocycles. The summed E-state index contributed by atoms with van der Waals surface area (Å²) in [6, 6.07) is 7.26. The van der Waals surface area contributed by atoms with Crippen LogP contribution in [0, 0.1) is 11.3 Å². The first-order chi connectivity index (χ1) is 11.7. The molecule has 6 nitrogen and oxygen atoms in total. The molecule has 3 N–H and O–H groups in total. The number of amides is 2. The predicted molar refractivity (Wildman–Crippen MR) is 100 cm³/mol. The minimum absolute atomic E-state index is 0.134. The molecule has 0 aliphatic rings. The standard InChI is InChI=1S/C19H28N4O2/c1-13(2)16(24)19(3,4)12-21-18(25)22-15-8-6-7-14(11-15)17-20-9-10-23(17)5/h6-11,13,16,24H,12H2,1-5H3,(H2,21,22,25). The SMILES string of the molecule is CC(C)C(O)C(C)(C)CNC(=O)Nc1cccc(-c2nccn2C)c1. The summed E-state index contributed by atoms with van der Waals surface area (Å²) in [5.41, 5.74) is 1.22. The lowest BCUT2D eigenvalue weighted by Gasteiger charge is -2.33. The molecule has 0 fully saturated rings. The Morgan fingerprint density at radius 3 is 2.68 bits per heavy atom. The van der Waals surface area contributed by atoms with Crippen molar-refractivity contribution in [1.82, 2.24) is 14.9 Å². The van der Waals surface area contributed by atoms with Crippen LogP contribution in [0.2, 0.25) is 0 Å². The fraction of sp³-hybridized carbons (Fsp3) is 0.474. The maximum absolute atomic E-state index is 12.2. The van der Waals surface area contributed by atoms with Crippen molar-refractivity contribution in [3.63, 3.8) is 0 Å². The van der Waals surface area contributed by atoms with Crippen molar-refractivity contribution >= 4 is 11.7 Å². The number of aliphatic hydroxyl groups is 1. The molecule has 1 aromatic carbocycles. The number of urea groups is 1. The number of benzene rings is 1. The zero-order valence-electron chi connectivity index (χ0n) is 15.6. The van der Waals surface area contributed by atoms with Crippen molar-refractivity contribution in [3.05, 3.63) is 36.7 Å². The van der Waals surface area contributed by atoms with Crippen LogP contribution >= 0.6 is 0 Å². The van der Waals surface area contributed by atoms with E-state index < -0.39 is 11.5 Å². The fourth-order valence-corrected chi connectivity index (χ4v) is 2.87. The third-order valence-corrected chi connectivity index (χ3v) is 4.34. The highest BCUT2D eigenvalue weighted by atomic mass is 16.3. The van der Waals surface area contributed by atoms with Gasteiger partial charge in [0, 0.05) is 42.7 Å². The topological polar surface area (TPSA) is 79.2 Å². The third kappa shape index (κ3) is 4.82. The Balaban J connectivity index is 1.98. The van der Waals surface area contributed by atoms with Crippen LogP contribution in [0.4, 0.5) is 10.5 Å². The lowest BCUT2D eigenvalue weighted by molar-refractivity contribution is 0.0154. The van der Waals surface area contributed by atoms with Gasteiger partial charge in [0.25, 0.3) is 0 Å². The number of rotatable bonds is 6. The van der Waals surface area contributed by atoms with Gasteiger partial charge in [0.05, 0.1) is 6.10 Å². The highest BCUT2D eigenvalue weighted by molar-refractivity contribution is 5.89. The quantitative estimate of drug-likeness (QED) is 0.752. The minimum atomic E-state index is -0.487. The molecule has 2 aromatic rings. The van der Waals surface area contributed by atoms with E-state index in [0.717, 1.165) is 11.4 Å². The number of aryl methyl sites for hydroxylation is 1.